The van der Waals surface area contributed by atoms with E-state index in [-0.39, 0.29) is 5.41 Å². The smallest absolute Gasteiger partial charge is 0.337 e. The van der Waals surface area contributed by atoms with Gasteiger partial charge in [-0.2, -0.15) is 0 Å². The zero-order valence-corrected chi connectivity index (χ0v) is 21.1. The lowest BCUT2D eigenvalue weighted by molar-refractivity contribution is -0.160. The van der Waals surface area contributed by atoms with Crippen molar-refractivity contribution in [3.63, 3.8) is 0 Å². The fourth-order valence-corrected chi connectivity index (χ4v) is 4.38. The Bertz CT molecular complexity index is 1010. The Labute approximate surface area is 198 Å². The summed E-state index contributed by atoms with van der Waals surface area (Å²) >= 11 is 0. The number of aliphatic carboxylic acids is 1. The van der Waals surface area contributed by atoms with Crippen LogP contribution in [0.1, 0.15) is 81.6 Å². The zero-order chi connectivity index (χ0) is 24.4. The number of aryl methyl sites for hydroxylation is 2. The van der Waals surface area contributed by atoms with Gasteiger partial charge in [-0.15, -0.1) is 0 Å². The molecule has 1 aliphatic rings. The van der Waals surface area contributed by atoms with Gasteiger partial charge in [0.25, 0.3) is 0 Å². The number of ether oxygens (including phenoxy) is 1. The number of pyridine rings is 1. The quantitative estimate of drug-likeness (QED) is 0.549. The van der Waals surface area contributed by atoms with Crippen LogP contribution in [-0.4, -0.2) is 34.8 Å². The van der Waals surface area contributed by atoms with Gasteiger partial charge in [-0.25, -0.2) is 4.79 Å². The van der Waals surface area contributed by atoms with Crippen LogP contribution in [0, 0.1) is 19.3 Å². The predicted molar refractivity (Wildman–Crippen MR) is 136 cm³/mol. The number of anilines is 1. The molecule has 1 N–H and O–H groups in total. The molecule has 33 heavy (non-hydrogen) atoms. The molecule has 1 aromatic carbocycles. The summed E-state index contributed by atoms with van der Waals surface area (Å²) in [5, 5.41) is 10.2. The van der Waals surface area contributed by atoms with E-state index in [0.29, 0.717) is 11.3 Å². The number of aromatic nitrogens is 1. The third kappa shape index (κ3) is 6.23. The molecule has 0 spiro atoms. The maximum atomic E-state index is 12.5. The second-order valence-corrected chi connectivity index (χ2v) is 10.8. The summed E-state index contributed by atoms with van der Waals surface area (Å²) in [4.78, 5) is 19.6. The molecule has 178 valence electrons. The Morgan fingerprint density at radius 2 is 1.70 bits per heavy atom. The highest BCUT2D eigenvalue weighted by Gasteiger charge is 2.35. The van der Waals surface area contributed by atoms with Crippen molar-refractivity contribution >= 4 is 23.8 Å². The molecular weight excluding hydrogens is 412 g/mol. The first-order valence-electron chi connectivity index (χ1n) is 11.8. The van der Waals surface area contributed by atoms with Gasteiger partial charge in [0.1, 0.15) is 0 Å². The fourth-order valence-electron chi connectivity index (χ4n) is 4.38. The summed E-state index contributed by atoms with van der Waals surface area (Å²) in [5.41, 5.74) is 4.93. The van der Waals surface area contributed by atoms with Crippen molar-refractivity contribution in [2.75, 3.05) is 18.0 Å². The molecule has 0 radical (unpaired) electrons. The largest absolute Gasteiger partial charge is 0.479 e. The Morgan fingerprint density at radius 3 is 2.24 bits per heavy atom. The molecule has 5 nitrogen and oxygen atoms in total. The molecule has 0 bridgehead atoms. The molecule has 1 fully saturated rings. The Balaban J connectivity index is 2.20. The van der Waals surface area contributed by atoms with Crippen molar-refractivity contribution in [1.82, 2.24) is 4.98 Å². The number of carboxylic acids is 1. The van der Waals surface area contributed by atoms with Gasteiger partial charge < -0.3 is 14.7 Å². The number of nitrogens with zero attached hydrogens (tertiary/aromatic N) is 2. The van der Waals surface area contributed by atoms with Crippen LogP contribution in [0.15, 0.2) is 30.3 Å². The number of carbonyl (C=O) groups is 1. The van der Waals surface area contributed by atoms with Crippen molar-refractivity contribution in [2.45, 2.75) is 73.0 Å². The van der Waals surface area contributed by atoms with Gasteiger partial charge >= 0.3 is 5.97 Å². The minimum Gasteiger partial charge on any atom is -0.479 e. The van der Waals surface area contributed by atoms with Crippen LogP contribution in [0.25, 0.3) is 12.2 Å². The molecule has 3 rings (SSSR count). The lowest BCUT2D eigenvalue weighted by Gasteiger charge is -2.41. The summed E-state index contributed by atoms with van der Waals surface area (Å²) in [7, 11) is 0. The second kappa shape index (κ2) is 9.68. The van der Waals surface area contributed by atoms with Crippen molar-refractivity contribution in [3.05, 3.63) is 58.4 Å². The van der Waals surface area contributed by atoms with Crippen molar-refractivity contribution in [1.29, 1.82) is 0 Å². The van der Waals surface area contributed by atoms with Crippen molar-refractivity contribution < 1.29 is 14.6 Å². The lowest BCUT2D eigenvalue weighted by atomic mass is 9.82. The Hall–Kier alpha value is -2.66. The van der Waals surface area contributed by atoms with E-state index in [2.05, 4.69) is 43.0 Å². The van der Waals surface area contributed by atoms with Gasteiger partial charge in [0.2, 0.25) is 0 Å². The second-order valence-electron chi connectivity index (χ2n) is 10.8. The molecule has 0 amide bonds. The maximum absolute atomic E-state index is 12.5. The Kier molecular flexibility index (Phi) is 7.32. The van der Waals surface area contributed by atoms with Crippen LogP contribution in [0.5, 0.6) is 0 Å². The monoisotopic (exact) mass is 450 g/mol. The summed E-state index contributed by atoms with van der Waals surface area (Å²) in [6.45, 7) is 15.9. The molecule has 1 atom stereocenters. The number of benzene rings is 1. The molecule has 0 aliphatic carbocycles. The highest BCUT2D eigenvalue weighted by atomic mass is 16.5. The van der Waals surface area contributed by atoms with Crippen LogP contribution in [-0.2, 0) is 9.53 Å². The Morgan fingerprint density at radius 1 is 1.09 bits per heavy atom. The molecule has 5 heteroatoms. The third-order valence-electron chi connectivity index (χ3n) is 6.26. The summed E-state index contributed by atoms with van der Waals surface area (Å²) in [6, 6.07) is 10.1. The molecule has 1 aliphatic heterocycles. The van der Waals surface area contributed by atoms with Crippen LogP contribution in [0.4, 0.5) is 5.69 Å². The highest BCUT2D eigenvalue weighted by Crippen LogP contribution is 2.41. The van der Waals surface area contributed by atoms with E-state index in [4.69, 9.17) is 9.72 Å². The van der Waals surface area contributed by atoms with Gasteiger partial charge in [-0.3, -0.25) is 4.98 Å². The van der Waals surface area contributed by atoms with E-state index in [1.807, 2.05) is 52.8 Å². The van der Waals surface area contributed by atoms with Gasteiger partial charge in [-0.1, -0.05) is 56.3 Å². The molecule has 1 aromatic heterocycles. The average molecular weight is 451 g/mol. The zero-order valence-electron chi connectivity index (χ0n) is 21.1. The first-order chi connectivity index (χ1) is 15.4. The van der Waals surface area contributed by atoms with Crippen LogP contribution in [0.3, 0.4) is 0 Å². The molecule has 2 heterocycles. The number of hydrogen-bond donors (Lipinski definition) is 1. The predicted octanol–water partition coefficient (Wildman–Crippen LogP) is 6.44. The van der Waals surface area contributed by atoms with Crippen molar-refractivity contribution in [2.24, 2.45) is 5.41 Å². The highest BCUT2D eigenvalue weighted by molar-refractivity contribution is 5.85. The third-order valence-corrected chi connectivity index (χ3v) is 6.26. The minimum atomic E-state index is -1.09. The molecule has 2 aromatic rings. The summed E-state index contributed by atoms with van der Waals surface area (Å²) in [5.74, 6) is -0.991. The van der Waals surface area contributed by atoms with E-state index in [1.165, 1.54) is 0 Å². The van der Waals surface area contributed by atoms with Crippen LogP contribution in [0.2, 0.25) is 0 Å². The minimum absolute atomic E-state index is 0.280. The van der Waals surface area contributed by atoms with Gasteiger partial charge in [-0.05, 0) is 58.4 Å². The van der Waals surface area contributed by atoms with E-state index in [1.54, 1.807) is 0 Å². The normalized spacial score (nSPS) is 17.4. The van der Waals surface area contributed by atoms with E-state index in [9.17, 15) is 9.90 Å². The summed E-state index contributed by atoms with van der Waals surface area (Å²) in [6.07, 6.45) is 5.15. The van der Waals surface area contributed by atoms with Crippen molar-refractivity contribution in [3.8, 4) is 0 Å². The molecule has 0 unspecified atom stereocenters. The average Bonchev–Trinajstić information content (AvgIpc) is 2.71. The van der Waals surface area contributed by atoms with Crippen LogP contribution >= 0.6 is 0 Å². The number of piperidine rings is 1. The molecule has 1 saturated heterocycles. The topological polar surface area (TPSA) is 62.7 Å². The SMILES string of the molecule is Cc1nc(C)c([C@H](OC(C)(C)C)C(=O)O)c(N2CCC(C)(C)CC2)c1/C=C/c1ccccc1. The summed E-state index contributed by atoms with van der Waals surface area (Å²) < 4.78 is 6.11. The lowest BCUT2D eigenvalue weighted by Crippen LogP contribution is -2.39. The number of rotatable bonds is 6. The van der Waals surface area contributed by atoms with E-state index >= 15 is 0 Å². The standard InChI is InChI=1S/C28H38N2O3/c1-19-22(14-13-21-11-9-8-10-12-21)24(30-17-15-28(6,7)16-18-30)23(20(2)29-19)25(26(31)32)33-27(3,4)5/h8-14,25H,15-18H2,1-7H3,(H,31,32)/b14-13+/t25-/m0/s1. The number of carboxylic acid groups (broad SMARTS) is 1. The van der Waals surface area contributed by atoms with Gasteiger partial charge in [0.05, 0.1) is 11.3 Å². The van der Waals surface area contributed by atoms with E-state index in [0.717, 1.165) is 48.4 Å². The molecule has 0 saturated carbocycles. The fraction of sp³-hybridized carbons (Fsp3) is 0.500. The van der Waals surface area contributed by atoms with Gasteiger partial charge in [0.15, 0.2) is 6.10 Å². The first kappa shape index (κ1) is 25.0. The van der Waals surface area contributed by atoms with Gasteiger partial charge in [0, 0.05) is 35.6 Å². The van der Waals surface area contributed by atoms with E-state index < -0.39 is 17.7 Å². The van der Waals surface area contributed by atoms with Crippen LogP contribution < -0.4 is 4.90 Å². The molecular formula is C28H38N2O3. The first-order valence-corrected chi connectivity index (χ1v) is 11.8. The maximum Gasteiger partial charge on any atom is 0.337 e. The number of hydrogen-bond acceptors (Lipinski definition) is 4.